The molecule has 1 aromatic heterocycles. The van der Waals surface area contributed by atoms with Gasteiger partial charge < -0.3 is 25.6 Å². The molecule has 0 radical (unpaired) electrons. The highest BCUT2D eigenvalue weighted by atomic mass is 35.5. The Morgan fingerprint density at radius 3 is 2.52 bits per heavy atom. The monoisotopic (exact) mass is 472 g/mol. The summed E-state index contributed by atoms with van der Waals surface area (Å²) >= 11 is 6.14. The number of anilines is 3. The number of carbonyl (C=O) groups is 1. The van der Waals surface area contributed by atoms with E-state index < -0.39 is 0 Å². The molecule has 9 heteroatoms. The van der Waals surface area contributed by atoms with E-state index in [1.807, 2.05) is 14.1 Å². The fourth-order valence-electron chi connectivity index (χ4n) is 4.67. The average Bonchev–Trinajstić information content (AvgIpc) is 2.80. The van der Waals surface area contributed by atoms with Crippen LogP contribution in [-0.4, -0.2) is 49.3 Å². The molecule has 0 aliphatic heterocycles. The Kier molecular flexibility index (Phi) is 7.42. The van der Waals surface area contributed by atoms with E-state index in [0.29, 0.717) is 22.5 Å². The Morgan fingerprint density at radius 1 is 1.09 bits per heavy atom. The van der Waals surface area contributed by atoms with E-state index in [9.17, 15) is 4.79 Å². The van der Waals surface area contributed by atoms with Gasteiger partial charge in [0.1, 0.15) is 11.6 Å². The normalized spacial score (nSPS) is 19.9. The molecule has 0 saturated heterocycles. The maximum atomic E-state index is 12.4. The number of nitrogens with zero attached hydrogens (tertiary/aromatic N) is 3. The topological polar surface area (TPSA) is 91.4 Å². The SMILES string of the molecule is COc1ccc(NC(=O)N[C@H]2CC[C@@H](Nc3nc4c(c(N(C)C)n3)CCCC4)CC2)cc1Cl. The second-order valence-electron chi connectivity index (χ2n) is 9.04. The molecule has 1 heterocycles. The summed E-state index contributed by atoms with van der Waals surface area (Å²) in [6.07, 6.45) is 8.20. The molecule has 0 bridgehead atoms. The molecule has 2 aromatic rings. The van der Waals surface area contributed by atoms with Gasteiger partial charge in [0, 0.05) is 37.4 Å². The lowest BCUT2D eigenvalue weighted by atomic mass is 9.91. The molecule has 4 rings (SSSR count). The van der Waals surface area contributed by atoms with Crippen LogP contribution >= 0.6 is 11.6 Å². The van der Waals surface area contributed by atoms with Crippen molar-refractivity contribution < 1.29 is 9.53 Å². The Labute approximate surface area is 200 Å². The van der Waals surface area contributed by atoms with Crippen molar-refractivity contribution in [3.63, 3.8) is 0 Å². The number of ether oxygens (including phenoxy) is 1. The third kappa shape index (κ3) is 5.79. The van der Waals surface area contributed by atoms with E-state index in [2.05, 4.69) is 20.9 Å². The number of amides is 2. The van der Waals surface area contributed by atoms with E-state index in [4.69, 9.17) is 26.3 Å². The number of aryl methyl sites for hydroxylation is 1. The molecule has 178 valence electrons. The molecular weight excluding hydrogens is 440 g/mol. The number of hydrogen-bond donors (Lipinski definition) is 3. The van der Waals surface area contributed by atoms with Crippen molar-refractivity contribution in [3.05, 3.63) is 34.5 Å². The first-order chi connectivity index (χ1) is 15.9. The van der Waals surface area contributed by atoms with Gasteiger partial charge in [0.15, 0.2) is 0 Å². The lowest BCUT2D eigenvalue weighted by molar-refractivity contribution is 0.243. The van der Waals surface area contributed by atoms with Gasteiger partial charge in [-0.1, -0.05) is 11.6 Å². The Bertz CT molecular complexity index is 991. The number of rotatable bonds is 6. The van der Waals surface area contributed by atoms with Crippen LogP contribution in [-0.2, 0) is 12.8 Å². The number of aromatic nitrogens is 2. The lowest BCUT2D eigenvalue weighted by Gasteiger charge is -2.30. The number of hydrogen-bond acceptors (Lipinski definition) is 6. The van der Waals surface area contributed by atoms with Crippen molar-refractivity contribution in [1.82, 2.24) is 15.3 Å². The van der Waals surface area contributed by atoms with E-state index >= 15 is 0 Å². The van der Waals surface area contributed by atoms with E-state index in [-0.39, 0.29) is 12.1 Å². The van der Waals surface area contributed by atoms with Crippen LogP contribution in [0.4, 0.5) is 22.2 Å². The van der Waals surface area contributed by atoms with Crippen molar-refractivity contribution in [2.24, 2.45) is 0 Å². The highest BCUT2D eigenvalue weighted by molar-refractivity contribution is 6.32. The number of urea groups is 1. The summed E-state index contributed by atoms with van der Waals surface area (Å²) in [5, 5.41) is 9.94. The fraction of sp³-hybridized carbons (Fsp3) is 0.542. The molecule has 0 spiro atoms. The molecule has 1 saturated carbocycles. The van der Waals surface area contributed by atoms with E-state index in [0.717, 1.165) is 50.3 Å². The molecule has 2 aliphatic rings. The predicted octanol–water partition coefficient (Wildman–Crippen LogP) is 4.63. The minimum Gasteiger partial charge on any atom is -0.495 e. The summed E-state index contributed by atoms with van der Waals surface area (Å²) < 4.78 is 5.15. The Balaban J connectivity index is 1.29. The molecule has 2 aliphatic carbocycles. The lowest BCUT2D eigenvalue weighted by Crippen LogP contribution is -2.42. The van der Waals surface area contributed by atoms with Crippen molar-refractivity contribution >= 4 is 35.1 Å². The van der Waals surface area contributed by atoms with Crippen LogP contribution in [0, 0.1) is 0 Å². The fourth-order valence-corrected chi connectivity index (χ4v) is 4.93. The van der Waals surface area contributed by atoms with E-state index in [1.165, 1.54) is 24.1 Å². The zero-order valence-corrected chi connectivity index (χ0v) is 20.3. The molecule has 2 amide bonds. The van der Waals surface area contributed by atoms with Crippen LogP contribution in [0.1, 0.15) is 49.8 Å². The third-order valence-electron chi connectivity index (χ3n) is 6.39. The second kappa shape index (κ2) is 10.5. The van der Waals surface area contributed by atoms with Crippen LogP contribution in [0.25, 0.3) is 0 Å². The minimum absolute atomic E-state index is 0.138. The van der Waals surface area contributed by atoms with Gasteiger partial charge in [0.25, 0.3) is 0 Å². The molecule has 1 aromatic carbocycles. The van der Waals surface area contributed by atoms with Gasteiger partial charge >= 0.3 is 6.03 Å². The van der Waals surface area contributed by atoms with Gasteiger partial charge in [-0.15, -0.1) is 0 Å². The van der Waals surface area contributed by atoms with Crippen molar-refractivity contribution in [2.75, 3.05) is 36.7 Å². The summed E-state index contributed by atoms with van der Waals surface area (Å²) in [5.74, 6) is 2.34. The highest BCUT2D eigenvalue weighted by Gasteiger charge is 2.25. The zero-order chi connectivity index (χ0) is 23.4. The van der Waals surface area contributed by atoms with Crippen molar-refractivity contribution in [1.29, 1.82) is 0 Å². The van der Waals surface area contributed by atoms with Gasteiger partial charge in [-0.2, -0.15) is 4.98 Å². The summed E-state index contributed by atoms with van der Waals surface area (Å²) in [6.45, 7) is 0. The first kappa shape index (κ1) is 23.4. The molecule has 0 atom stereocenters. The number of carbonyl (C=O) groups excluding carboxylic acids is 1. The van der Waals surface area contributed by atoms with Gasteiger partial charge in [-0.3, -0.25) is 0 Å². The molecule has 1 fully saturated rings. The maximum absolute atomic E-state index is 12.4. The van der Waals surface area contributed by atoms with Crippen LogP contribution in [0.2, 0.25) is 5.02 Å². The number of methoxy groups -OCH3 is 1. The highest BCUT2D eigenvalue weighted by Crippen LogP contribution is 2.30. The van der Waals surface area contributed by atoms with Gasteiger partial charge in [0.05, 0.1) is 17.8 Å². The molecule has 8 nitrogen and oxygen atoms in total. The van der Waals surface area contributed by atoms with Crippen LogP contribution in [0.3, 0.4) is 0 Å². The predicted molar refractivity (Wildman–Crippen MR) is 133 cm³/mol. The summed E-state index contributed by atoms with van der Waals surface area (Å²) in [6, 6.07) is 5.41. The standard InChI is InChI=1S/C24H33ClN6O2/c1-31(2)22-18-6-4-5-7-20(18)29-23(30-22)26-15-8-10-16(11-9-15)27-24(32)28-17-12-13-21(33-3)19(25)14-17/h12-16H,4-11H2,1-3H3,(H,26,29,30)(H2,27,28,32)/t15-,16+. The van der Waals surface area contributed by atoms with Gasteiger partial charge in [0.2, 0.25) is 5.95 Å². The number of halogens is 1. The maximum Gasteiger partial charge on any atom is 0.319 e. The minimum atomic E-state index is -0.221. The molecular formula is C24H33ClN6O2. The first-order valence-electron chi connectivity index (χ1n) is 11.7. The Hall–Kier alpha value is -2.74. The van der Waals surface area contributed by atoms with Crippen LogP contribution in [0.5, 0.6) is 5.75 Å². The summed E-state index contributed by atoms with van der Waals surface area (Å²) in [7, 11) is 5.65. The smallest absolute Gasteiger partial charge is 0.319 e. The molecule has 33 heavy (non-hydrogen) atoms. The largest absolute Gasteiger partial charge is 0.495 e. The Morgan fingerprint density at radius 2 is 1.82 bits per heavy atom. The molecule has 0 unspecified atom stereocenters. The van der Waals surface area contributed by atoms with E-state index in [1.54, 1.807) is 25.3 Å². The van der Waals surface area contributed by atoms with Gasteiger partial charge in [-0.05, 0) is 69.6 Å². The number of benzene rings is 1. The van der Waals surface area contributed by atoms with Crippen molar-refractivity contribution in [3.8, 4) is 5.75 Å². The van der Waals surface area contributed by atoms with Crippen molar-refractivity contribution in [2.45, 2.75) is 63.5 Å². The average molecular weight is 473 g/mol. The quantitative estimate of drug-likeness (QED) is 0.567. The number of fused-ring (bicyclic) bond motifs is 1. The third-order valence-corrected chi connectivity index (χ3v) is 6.69. The van der Waals surface area contributed by atoms with Gasteiger partial charge in [-0.25, -0.2) is 9.78 Å². The zero-order valence-electron chi connectivity index (χ0n) is 19.6. The van der Waals surface area contributed by atoms with Crippen LogP contribution in [0.15, 0.2) is 18.2 Å². The number of nitrogens with one attached hydrogen (secondary N) is 3. The summed E-state index contributed by atoms with van der Waals surface area (Å²) in [5.41, 5.74) is 3.12. The summed E-state index contributed by atoms with van der Waals surface area (Å²) in [4.78, 5) is 24.2. The van der Waals surface area contributed by atoms with Crippen LogP contribution < -0.4 is 25.6 Å². The second-order valence-corrected chi connectivity index (χ2v) is 9.45. The first-order valence-corrected chi connectivity index (χ1v) is 12.1. The molecule has 3 N–H and O–H groups in total.